The summed E-state index contributed by atoms with van der Waals surface area (Å²) in [6, 6.07) is 0. The van der Waals surface area contributed by atoms with Gasteiger partial charge in [0.15, 0.2) is 0 Å². The van der Waals surface area contributed by atoms with Crippen molar-refractivity contribution in [2.24, 2.45) is 0 Å². The van der Waals surface area contributed by atoms with E-state index in [4.69, 9.17) is 0 Å². The number of methoxy groups -OCH3 is 1. The van der Waals surface area contributed by atoms with Gasteiger partial charge in [-0.1, -0.05) is 0 Å². The topological polar surface area (TPSA) is 41.6 Å². The molecule has 0 aliphatic carbocycles. The van der Waals surface area contributed by atoms with Crippen LogP contribution < -0.4 is 5.32 Å². The first kappa shape index (κ1) is 11.5. The first-order chi connectivity index (χ1) is 6.83. The number of rotatable bonds is 6. The van der Waals surface area contributed by atoms with Gasteiger partial charge in [-0.2, -0.15) is 0 Å². The summed E-state index contributed by atoms with van der Waals surface area (Å²) in [4.78, 5) is 13.2. The predicted octanol–water partition coefficient (Wildman–Crippen LogP) is 0.235. The highest BCUT2D eigenvalue weighted by Crippen LogP contribution is 2.06. The Hall–Kier alpha value is -0.610. The van der Waals surface area contributed by atoms with E-state index in [1.54, 1.807) is 0 Å². The van der Waals surface area contributed by atoms with E-state index >= 15 is 0 Å². The molecule has 14 heavy (non-hydrogen) atoms. The van der Waals surface area contributed by atoms with E-state index in [9.17, 15) is 4.79 Å². The summed E-state index contributed by atoms with van der Waals surface area (Å²) in [5.74, 6) is -0.189. The Morgan fingerprint density at radius 1 is 1.43 bits per heavy atom. The molecule has 0 radical (unpaired) electrons. The van der Waals surface area contributed by atoms with Gasteiger partial charge in [0.25, 0.3) is 0 Å². The van der Waals surface area contributed by atoms with Crippen LogP contribution in [0.3, 0.4) is 0 Å². The molecule has 82 valence electrons. The van der Waals surface area contributed by atoms with Crippen molar-refractivity contribution in [1.82, 2.24) is 10.2 Å². The molecule has 1 saturated heterocycles. The Balaban J connectivity index is 1.86. The molecule has 1 N–H and O–H groups in total. The maximum Gasteiger partial charge on any atom is 0.319 e. The number of nitrogens with one attached hydrogen (secondary N) is 1. The molecule has 0 bridgehead atoms. The Morgan fingerprint density at radius 3 is 2.79 bits per heavy atom. The second-order valence-corrected chi connectivity index (χ2v) is 3.66. The number of carbonyl (C=O) groups is 1. The van der Waals surface area contributed by atoms with E-state index in [0.717, 1.165) is 19.5 Å². The van der Waals surface area contributed by atoms with Gasteiger partial charge in [-0.15, -0.1) is 0 Å². The highest BCUT2D eigenvalue weighted by molar-refractivity contribution is 5.71. The molecule has 1 rings (SSSR count). The van der Waals surface area contributed by atoms with Crippen LogP contribution in [0.5, 0.6) is 0 Å². The van der Waals surface area contributed by atoms with Crippen molar-refractivity contribution in [2.45, 2.75) is 19.3 Å². The Labute approximate surface area is 85.6 Å². The highest BCUT2D eigenvalue weighted by Gasteiger charge is 2.09. The minimum atomic E-state index is -0.189. The third kappa shape index (κ3) is 4.58. The van der Waals surface area contributed by atoms with Crippen LogP contribution in [0.1, 0.15) is 19.3 Å². The minimum Gasteiger partial charge on any atom is -0.468 e. The zero-order valence-electron chi connectivity index (χ0n) is 8.92. The SMILES string of the molecule is COC(=O)CNCCCN1CCCC1. The number of ether oxygens (including phenoxy) is 1. The molecular formula is C10H20N2O2. The third-order valence-corrected chi connectivity index (χ3v) is 2.52. The van der Waals surface area contributed by atoms with Crippen LogP contribution in [0.25, 0.3) is 0 Å². The summed E-state index contributed by atoms with van der Waals surface area (Å²) >= 11 is 0. The summed E-state index contributed by atoms with van der Waals surface area (Å²) in [6.07, 6.45) is 3.79. The van der Waals surface area contributed by atoms with Crippen LogP contribution in [0.2, 0.25) is 0 Å². The summed E-state index contributed by atoms with van der Waals surface area (Å²) in [7, 11) is 1.41. The Morgan fingerprint density at radius 2 is 2.14 bits per heavy atom. The number of esters is 1. The molecule has 0 spiro atoms. The van der Waals surface area contributed by atoms with Gasteiger partial charge in [-0.25, -0.2) is 0 Å². The van der Waals surface area contributed by atoms with Gasteiger partial charge < -0.3 is 15.0 Å². The molecule has 0 aromatic carbocycles. The first-order valence-electron chi connectivity index (χ1n) is 5.33. The van der Waals surface area contributed by atoms with Gasteiger partial charge in [-0.3, -0.25) is 4.79 Å². The standard InChI is InChI=1S/C10H20N2O2/c1-14-10(13)9-11-5-4-8-12-6-2-3-7-12/h11H,2-9H2,1H3. The number of nitrogens with zero attached hydrogens (tertiary/aromatic N) is 1. The first-order valence-corrected chi connectivity index (χ1v) is 5.33. The normalized spacial score (nSPS) is 17.2. The molecular weight excluding hydrogens is 180 g/mol. The van der Waals surface area contributed by atoms with Crippen molar-refractivity contribution in [3.63, 3.8) is 0 Å². The number of hydrogen-bond acceptors (Lipinski definition) is 4. The van der Waals surface area contributed by atoms with Gasteiger partial charge in [0, 0.05) is 0 Å². The molecule has 1 aliphatic heterocycles. The fourth-order valence-electron chi connectivity index (χ4n) is 1.70. The molecule has 0 unspecified atom stereocenters. The maximum absolute atomic E-state index is 10.7. The molecule has 0 aromatic rings. The van der Waals surface area contributed by atoms with Gasteiger partial charge in [0.1, 0.15) is 0 Å². The van der Waals surface area contributed by atoms with Crippen molar-refractivity contribution in [2.75, 3.05) is 39.8 Å². The number of hydrogen-bond donors (Lipinski definition) is 1. The van der Waals surface area contributed by atoms with Crippen molar-refractivity contribution < 1.29 is 9.53 Å². The van der Waals surface area contributed by atoms with Crippen LogP contribution in [-0.2, 0) is 9.53 Å². The monoisotopic (exact) mass is 200 g/mol. The van der Waals surface area contributed by atoms with E-state index < -0.39 is 0 Å². The van der Waals surface area contributed by atoms with Gasteiger partial charge in [-0.05, 0) is 45.4 Å². The lowest BCUT2D eigenvalue weighted by Crippen LogP contribution is -2.28. The summed E-state index contributed by atoms with van der Waals surface area (Å²) in [5, 5.41) is 3.06. The summed E-state index contributed by atoms with van der Waals surface area (Å²) in [5.41, 5.74) is 0. The van der Waals surface area contributed by atoms with Crippen molar-refractivity contribution in [3.05, 3.63) is 0 Å². The van der Waals surface area contributed by atoms with Crippen molar-refractivity contribution >= 4 is 5.97 Å². The lowest BCUT2D eigenvalue weighted by molar-refractivity contribution is -0.139. The van der Waals surface area contributed by atoms with Crippen LogP contribution in [-0.4, -0.2) is 50.7 Å². The molecule has 1 heterocycles. The molecule has 0 amide bonds. The fraction of sp³-hybridized carbons (Fsp3) is 0.900. The van der Waals surface area contributed by atoms with Crippen molar-refractivity contribution in [1.29, 1.82) is 0 Å². The minimum absolute atomic E-state index is 0.189. The fourth-order valence-corrected chi connectivity index (χ4v) is 1.70. The second kappa shape index (κ2) is 6.79. The largest absolute Gasteiger partial charge is 0.468 e. The summed E-state index contributed by atoms with van der Waals surface area (Å²) in [6.45, 7) is 4.87. The second-order valence-electron chi connectivity index (χ2n) is 3.66. The van der Waals surface area contributed by atoms with Gasteiger partial charge in [0.2, 0.25) is 0 Å². The van der Waals surface area contributed by atoms with Crippen molar-refractivity contribution in [3.8, 4) is 0 Å². The Bertz CT molecular complexity index is 168. The van der Waals surface area contributed by atoms with Crippen LogP contribution in [0.15, 0.2) is 0 Å². The average Bonchev–Trinajstić information content (AvgIpc) is 2.69. The molecule has 4 nitrogen and oxygen atoms in total. The van der Waals surface area contributed by atoms with Crippen LogP contribution in [0.4, 0.5) is 0 Å². The highest BCUT2D eigenvalue weighted by atomic mass is 16.5. The molecule has 4 heteroatoms. The zero-order chi connectivity index (χ0) is 10.2. The van der Waals surface area contributed by atoms with Gasteiger partial charge >= 0.3 is 5.97 Å². The smallest absolute Gasteiger partial charge is 0.319 e. The Kier molecular flexibility index (Phi) is 5.56. The van der Waals surface area contributed by atoms with E-state index in [2.05, 4.69) is 15.0 Å². The lowest BCUT2D eigenvalue weighted by atomic mass is 10.4. The average molecular weight is 200 g/mol. The van der Waals surface area contributed by atoms with Crippen LogP contribution >= 0.6 is 0 Å². The maximum atomic E-state index is 10.7. The van der Waals surface area contributed by atoms with Gasteiger partial charge in [0.05, 0.1) is 13.7 Å². The molecule has 0 aromatic heterocycles. The number of likely N-dealkylation sites (tertiary alicyclic amines) is 1. The van der Waals surface area contributed by atoms with E-state index in [0.29, 0.717) is 6.54 Å². The van der Waals surface area contributed by atoms with E-state index in [1.807, 2.05) is 0 Å². The quantitative estimate of drug-likeness (QED) is 0.492. The molecule has 1 fully saturated rings. The van der Waals surface area contributed by atoms with Crippen LogP contribution in [0, 0.1) is 0 Å². The zero-order valence-corrected chi connectivity index (χ0v) is 8.92. The van der Waals surface area contributed by atoms with E-state index in [-0.39, 0.29) is 5.97 Å². The lowest BCUT2D eigenvalue weighted by Gasteiger charge is -2.13. The molecule has 1 aliphatic rings. The predicted molar refractivity (Wildman–Crippen MR) is 55.2 cm³/mol. The molecule has 0 atom stereocenters. The molecule has 0 saturated carbocycles. The van der Waals surface area contributed by atoms with E-state index in [1.165, 1.54) is 33.0 Å². The third-order valence-electron chi connectivity index (χ3n) is 2.52. The summed E-state index contributed by atoms with van der Waals surface area (Å²) < 4.78 is 4.52. The number of carbonyl (C=O) groups excluding carboxylic acids is 1.